The molecule has 26 heavy (non-hydrogen) atoms. The molecule has 1 heterocycles. The highest BCUT2D eigenvalue weighted by molar-refractivity contribution is 6.30. The summed E-state index contributed by atoms with van der Waals surface area (Å²) < 4.78 is 0. The molecule has 1 saturated heterocycles. The van der Waals surface area contributed by atoms with Crippen molar-refractivity contribution in [3.05, 3.63) is 34.9 Å². The molecule has 2 N–H and O–H groups in total. The van der Waals surface area contributed by atoms with Gasteiger partial charge in [-0.3, -0.25) is 9.79 Å². The summed E-state index contributed by atoms with van der Waals surface area (Å²) in [5.41, 5.74) is 1.44. The van der Waals surface area contributed by atoms with Crippen molar-refractivity contribution in [2.24, 2.45) is 4.99 Å². The van der Waals surface area contributed by atoms with Crippen molar-refractivity contribution in [1.29, 1.82) is 0 Å². The second-order valence-corrected chi connectivity index (χ2v) is 7.69. The molecule has 1 aromatic rings. The van der Waals surface area contributed by atoms with E-state index in [-0.39, 0.29) is 5.41 Å². The van der Waals surface area contributed by atoms with Crippen LogP contribution in [0.3, 0.4) is 0 Å². The molecule has 1 amide bonds. The molecular formula is C20H29ClN4O. The SMILES string of the molecule is CCNC(=NCC1(c2cccc(Cl)c2)CC1)NCCCN1CCCC1=O. The van der Waals surface area contributed by atoms with Gasteiger partial charge < -0.3 is 15.5 Å². The van der Waals surface area contributed by atoms with Gasteiger partial charge in [0.05, 0.1) is 6.54 Å². The largest absolute Gasteiger partial charge is 0.357 e. The van der Waals surface area contributed by atoms with Gasteiger partial charge in [-0.1, -0.05) is 23.7 Å². The van der Waals surface area contributed by atoms with Crippen molar-refractivity contribution in [2.45, 2.75) is 44.4 Å². The average Bonchev–Trinajstić information content (AvgIpc) is 3.32. The second-order valence-electron chi connectivity index (χ2n) is 7.25. The standard InChI is InChI=1S/C20H29ClN4O/c1-2-22-19(23-11-5-13-25-12-4-8-18(25)26)24-15-20(9-10-20)16-6-3-7-17(21)14-16/h3,6-7,14H,2,4-5,8-13,15H2,1H3,(H2,22,23,24). The van der Waals surface area contributed by atoms with Crippen LogP contribution in [0.5, 0.6) is 0 Å². The minimum Gasteiger partial charge on any atom is -0.357 e. The maximum absolute atomic E-state index is 11.6. The number of guanidine groups is 1. The van der Waals surface area contributed by atoms with E-state index < -0.39 is 0 Å². The minimum atomic E-state index is 0.148. The van der Waals surface area contributed by atoms with Gasteiger partial charge in [-0.2, -0.15) is 0 Å². The fourth-order valence-corrected chi connectivity index (χ4v) is 3.69. The number of benzene rings is 1. The molecule has 0 bridgehead atoms. The van der Waals surface area contributed by atoms with E-state index in [4.69, 9.17) is 16.6 Å². The number of hydrogen-bond donors (Lipinski definition) is 2. The number of hydrogen-bond acceptors (Lipinski definition) is 2. The van der Waals surface area contributed by atoms with E-state index in [1.165, 1.54) is 5.56 Å². The molecule has 1 aliphatic heterocycles. The van der Waals surface area contributed by atoms with Crippen LogP contribution in [0.25, 0.3) is 0 Å². The van der Waals surface area contributed by atoms with Gasteiger partial charge in [0.25, 0.3) is 0 Å². The van der Waals surface area contributed by atoms with Gasteiger partial charge in [0.15, 0.2) is 5.96 Å². The van der Waals surface area contributed by atoms with Crippen molar-refractivity contribution in [3.8, 4) is 0 Å². The van der Waals surface area contributed by atoms with Gasteiger partial charge in [0, 0.05) is 43.0 Å². The first kappa shape index (κ1) is 19.0. The second kappa shape index (κ2) is 8.76. The summed E-state index contributed by atoms with van der Waals surface area (Å²) >= 11 is 6.15. The van der Waals surface area contributed by atoms with Crippen LogP contribution in [0, 0.1) is 0 Å². The number of aliphatic imine (C=N–C) groups is 1. The zero-order chi connectivity index (χ0) is 18.4. The molecule has 3 rings (SSSR count). The number of carbonyl (C=O) groups is 1. The molecule has 5 nitrogen and oxygen atoms in total. The lowest BCUT2D eigenvalue weighted by Crippen LogP contribution is -2.39. The molecule has 2 aliphatic rings. The van der Waals surface area contributed by atoms with Crippen LogP contribution in [-0.4, -0.2) is 49.5 Å². The Balaban J connectivity index is 1.50. The van der Waals surface area contributed by atoms with Crippen LogP contribution in [-0.2, 0) is 10.2 Å². The maximum atomic E-state index is 11.6. The molecule has 0 atom stereocenters. The van der Waals surface area contributed by atoms with Crippen LogP contribution < -0.4 is 10.6 Å². The van der Waals surface area contributed by atoms with Crippen molar-refractivity contribution in [3.63, 3.8) is 0 Å². The van der Waals surface area contributed by atoms with Gasteiger partial charge in [-0.05, 0) is 50.3 Å². The summed E-state index contributed by atoms with van der Waals surface area (Å²) in [6.45, 7) is 6.24. The van der Waals surface area contributed by atoms with E-state index in [1.807, 2.05) is 17.0 Å². The Labute approximate surface area is 161 Å². The highest BCUT2D eigenvalue weighted by atomic mass is 35.5. The smallest absolute Gasteiger partial charge is 0.222 e. The zero-order valence-electron chi connectivity index (χ0n) is 15.6. The van der Waals surface area contributed by atoms with Gasteiger partial charge >= 0.3 is 0 Å². The topological polar surface area (TPSA) is 56.7 Å². The molecule has 2 fully saturated rings. The lowest BCUT2D eigenvalue weighted by molar-refractivity contribution is -0.127. The highest BCUT2D eigenvalue weighted by Gasteiger charge is 2.44. The quantitative estimate of drug-likeness (QED) is 0.416. The maximum Gasteiger partial charge on any atom is 0.222 e. The van der Waals surface area contributed by atoms with Crippen molar-refractivity contribution < 1.29 is 4.79 Å². The highest BCUT2D eigenvalue weighted by Crippen LogP contribution is 2.48. The number of halogens is 1. The van der Waals surface area contributed by atoms with Crippen LogP contribution in [0.2, 0.25) is 5.02 Å². The van der Waals surface area contributed by atoms with Crippen molar-refractivity contribution in [2.75, 3.05) is 32.7 Å². The lowest BCUT2D eigenvalue weighted by atomic mass is 9.96. The van der Waals surface area contributed by atoms with E-state index in [0.29, 0.717) is 12.3 Å². The normalized spacial score (nSPS) is 18.9. The van der Waals surface area contributed by atoms with E-state index in [0.717, 1.165) is 69.4 Å². The van der Waals surface area contributed by atoms with Gasteiger partial charge in [0.2, 0.25) is 5.91 Å². The van der Waals surface area contributed by atoms with Crippen molar-refractivity contribution in [1.82, 2.24) is 15.5 Å². The molecule has 1 aliphatic carbocycles. The van der Waals surface area contributed by atoms with E-state index in [1.54, 1.807) is 0 Å². The predicted molar refractivity (Wildman–Crippen MR) is 107 cm³/mol. The summed E-state index contributed by atoms with van der Waals surface area (Å²) in [6, 6.07) is 8.16. The van der Waals surface area contributed by atoms with Crippen LogP contribution in [0.4, 0.5) is 0 Å². The van der Waals surface area contributed by atoms with E-state index in [9.17, 15) is 4.79 Å². The summed E-state index contributed by atoms with van der Waals surface area (Å²) in [5, 5.41) is 7.50. The molecule has 6 heteroatoms. The first-order valence-corrected chi connectivity index (χ1v) is 10.1. The summed E-state index contributed by atoms with van der Waals surface area (Å²) in [6.07, 6.45) is 4.97. The summed E-state index contributed by atoms with van der Waals surface area (Å²) in [7, 11) is 0. The van der Waals surface area contributed by atoms with Crippen LogP contribution in [0.1, 0.15) is 44.6 Å². The number of carbonyl (C=O) groups excluding carboxylic acids is 1. The molecule has 0 spiro atoms. The fourth-order valence-electron chi connectivity index (χ4n) is 3.50. The van der Waals surface area contributed by atoms with Gasteiger partial charge in [-0.15, -0.1) is 0 Å². The van der Waals surface area contributed by atoms with E-state index in [2.05, 4.69) is 29.7 Å². The third-order valence-electron chi connectivity index (χ3n) is 5.24. The molecule has 1 aromatic carbocycles. The number of nitrogens with one attached hydrogen (secondary N) is 2. The third kappa shape index (κ3) is 4.91. The Bertz CT molecular complexity index is 657. The fraction of sp³-hybridized carbons (Fsp3) is 0.600. The minimum absolute atomic E-state index is 0.148. The number of likely N-dealkylation sites (tertiary alicyclic amines) is 1. The lowest BCUT2D eigenvalue weighted by Gasteiger charge is -2.18. The summed E-state index contributed by atoms with van der Waals surface area (Å²) in [5.74, 6) is 1.15. The first-order valence-electron chi connectivity index (χ1n) is 9.69. The third-order valence-corrected chi connectivity index (χ3v) is 5.48. The van der Waals surface area contributed by atoms with Crippen LogP contribution >= 0.6 is 11.6 Å². The zero-order valence-corrected chi connectivity index (χ0v) is 16.3. The number of amides is 1. The number of nitrogens with zero attached hydrogens (tertiary/aromatic N) is 2. The van der Waals surface area contributed by atoms with Gasteiger partial charge in [-0.25, -0.2) is 0 Å². The summed E-state index contributed by atoms with van der Waals surface area (Å²) in [4.78, 5) is 18.4. The van der Waals surface area contributed by atoms with Gasteiger partial charge in [0.1, 0.15) is 0 Å². The molecule has 0 unspecified atom stereocenters. The average molecular weight is 377 g/mol. The Morgan fingerprint density at radius 3 is 2.85 bits per heavy atom. The Morgan fingerprint density at radius 2 is 2.19 bits per heavy atom. The Kier molecular flexibility index (Phi) is 6.41. The Hall–Kier alpha value is -1.75. The molecule has 142 valence electrons. The monoisotopic (exact) mass is 376 g/mol. The Morgan fingerprint density at radius 1 is 1.35 bits per heavy atom. The van der Waals surface area contributed by atoms with Crippen molar-refractivity contribution >= 4 is 23.5 Å². The molecule has 1 saturated carbocycles. The van der Waals surface area contributed by atoms with E-state index >= 15 is 0 Å². The van der Waals surface area contributed by atoms with Crippen LogP contribution in [0.15, 0.2) is 29.3 Å². The molecule has 0 aromatic heterocycles. The number of rotatable bonds is 8. The molecule has 0 radical (unpaired) electrons. The first-order chi connectivity index (χ1) is 12.6. The predicted octanol–water partition coefficient (Wildman–Crippen LogP) is 2.94. The molecular weight excluding hydrogens is 348 g/mol.